The Balaban J connectivity index is 0.000000545. The van der Waals surface area contributed by atoms with Gasteiger partial charge >= 0.3 is 0 Å². The fourth-order valence-electron chi connectivity index (χ4n) is 8.21. The van der Waals surface area contributed by atoms with Gasteiger partial charge in [-0.3, -0.25) is 0 Å². The first-order valence-corrected chi connectivity index (χ1v) is 14.8. The monoisotopic (exact) mass is 687 g/mol. The molecular formula is C39H39Hf-3. The number of hydrogen-bond acceptors (Lipinski definition) is 0. The number of benzene rings is 4. The SMILES string of the molecule is Cc1cc2c3cccc4c3c(cc2[c-]1C(C)(C)[c-]1c(C)cc2c3cccc5c3c(cc21)CC5)CC4.[CH2-]C(C)C.[Hf]. The third-order valence-corrected chi connectivity index (χ3v) is 9.37. The summed E-state index contributed by atoms with van der Waals surface area (Å²) in [5, 5.41) is 11.8. The zero-order valence-corrected chi connectivity index (χ0v) is 28.5. The molecule has 0 aromatic heterocycles. The van der Waals surface area contributed by atoms with Crippen molar-refractivity contribution in [1.29, 1.82) is 0 Å². The largest absolute Gasteiger partial charge is 0.341 e. The zero-order valence-electron chi connectivity index (χ0n) is 24.9. The van der Waals surface area contributed by atoms with Crippen molar-refractivity contribution in [1.82, 2.24) is 0 Å². The van der Waals surface area contributed by atoms with Gasteiger partial charge in [-0.05, 0) is 47.6 Å². The van der Waals surface area contributed by atoms with Crippen LogP contribution in [0, 0.1) is 26.7 Å². The molecule has 0 N–H and O–H groups in total. The average molecular weight is 686 g/mol. The molecule has 0 radical (unpaired) electrons. The molecule has 0 spiro atoms. The first-order valence-electron chi connectivity index (χ1n) is 14.8. The van der Waals surface area contributed by atoms with Crippen molar-refractivity contribution < 1.29 is 25.8 Å². The van der Waals surface area contributed by atoms with Crippen LogP contribution in [0.2, 0.25) is 0 Å². The van der Waals surface area contributed by atoms with Gasteiger partial charge in [0.2, 0.25) is 0 Å². The maximum atomic E-state index is 3.64. The molecule has 0 nitrogen and oxygen atoms in total. The fraction of sp³-hybridized carbons (Fsp3) is 0.308. The number of fused-ring (bicyclic) bond motifs is 4. The van der Waals surface area contributed by atoms with Crippen LogP contribution in [0.4, 0.5) is 0 Å². The fourth-order valence-corrected chi connectivity index (χ4v) is 8.21. The molecule has 2 aliphatic carbocycles. The summed E-state index contributed by atoms with van der Waals surface area (Å²) in [6.45, 7) is 17.4. The maximum Gasteiger partial charge on any atom is 0 e. The van der Waals surface area contributed by atoms with Gasteiger partial charge in [-0.2, -0.15) is 18.1 Å². The summed E-state index contributed by atoms with van der Waals surface area (Å²) in [4.78, 5) is 0. The van der Waals surface area contributed by atoms with Crippen molar-refractivity contribution in [2.45, 2.75) is 72.6 Å². The molecule has 0 unspecified atom stereocenters. The standard InChI is InChI=1S/C35H30.C4H9.Hf/c1-19-15-27-25-9-5-7-21-11-13-23(31(21)25)17-29(27)33(19)35(3,4)34-20(2)16-28-26-10-6-8-22-12-14-24(32(22)26)18-30(28)34;1-4(2)3;/h5-10,15-18H,11-14H2,1-4H3;4H,1H2,2-3H3;/q-2;-1;. The van der Waals surface area contributed by atoms with Crippen LogP contribution in [0.15, 0.2) is 60.7 Å². The number of hydrogen-bond donors (Lipinski definition) is 0. The molecule has 202 valence electrons. The molecule has 0 saturated carbocycles. The molecule has 2 aliphatic rings. The molecular weight excluding hydrogens is 647 g/mol. The Labute approximate surface area is 258 Å². The van der Waals surface area contributed by atoms with Crippen LogP contribution in [0.1, 0.15) is 72.2 Å². The summed E-state index contributed by atoms with van der Waals surface area (Å²) in [7, 11) is 0. The van der Waals surface area contributed by atoms with Gasteiger partial charge in [0.1, 0.15) is 0 Å². The van der Waals surface area contributed by atoms with E-state index in [4.69, 9.17) is 0 Å². The van der Waals surface area contributed by atoms with E-state index in [1.54, 1.807) is 11.1 Å². The van der Waals surface area contributed by atoms with Crippen LogP contribution in [0.25, 0.3) is 43.1 Å². The summed E-state index contributed by atoms with van der Waals surface area (Å²) in [6.07, 6.45) is 4.71. The van der Waals surface area contributed by atoms with E-state index in [1.165, 1.54) is 102 Å². The van der Waals surface area contributed by atoms with E-state index in [9.17, 15) is 0 Å². The van der Waals surface area contributed by atoms with Crippen molar-refractivity contribution in [3.8, 4) is 0 Å². The van der Waals surface area contributed by atoms with Crippen molar-refractivity contribution in [3.05, 3.63) is 112 Å². The predicted molar refractivity (Wildman–Crippen MR) is 171 cm³/mol. The van der Waals surface area contributed by atoms with E-state index in [1.807, 2.05) is 0 Å². The molecule has 0 aliphatic heterocycles. The minimum absolute atomic E-state index is 0. The Kier molecular flexibility index (Phi) is 6.77. The average Bonchev–Trinajstić information content (AvgIpc) is 3.64. The molecule has 0 saturated heterocycles. The second-order valence-corrected chi connectivity index (χ2v) is 13.1. The molecule has 40 heavy (non-hydrogen) atoms. The van der Waals surface area contributed by atoms with Gasteiger partial charge in [-0.15, -0.1) is 55.9 Å². The van der Waals surface area contributed by atoms with E-state index >= 15 is 0 Å². The third kappa shape index (κ3) is 3.94. The van der Waals surface area contributed by atoms with Crippen LogP contribution >= 0.6 is 0 Å². The maximum absolute atomic E-state index is 3.64. The quantitative estimate of drug-likeness (QED) is 0.126. The van der Waals surface area contributed by atoms with Gasteiger partial charge in [0.05, 0.1) is 0 Å². The minimum Gasteiger partial charge on any atom is -0.341 e. The van der Waals surface area contributed by atoms with Crippen molar-refractivity contribution in [3.63, 3.8) is 0 Å². The number of rotatable bonds is 2. The molecule has 0 bridgehead atoms. The van der Waals surface area contributed by atoms with Crippen LogP contribution in [-0.4, -0.2) is 0 Å². The van der Waals surface area contributed by atoms with Gasteiger partial charge in [-0.25, -0.2) is 0 Å². The first-order chi connectivity index (χ1) is 18.7. The smallest absolute Gasteiger partial charge is 0 e. The van der Waals surface area contributed by atoms with E-state index in [0.29, 0.717) is 5.92 Å². The summed E-state index contributed by atoms with van der Waals surface area (Å²) < 4.78 is 0. The summed E-state index contributed by atoms with van der Waals surface area (Å²) in [6, 6.07) is 23.9. The van der Waals surface area contributed by atoms with Crippen molar-refractivity contribution in [2.75, 3.05) is 0 Å². The zero-order chi connectivity index (χ0) is 27.2. The minimum atomic E-state index is -0.0785. The second kappa shape index (κ2) is 9.80. The molecule has 6 aromatic rings. The van der Waals surface area contributed by atoms with Crippen molar-refractivity contribution in [2.24, 2.45) is 5.92 Å². The van der Waals surface area contributed by atoms with Crippen LogP contribution < -0.4 is 0 Å². The van der Waals surface area contributed by atoms with Crippen LogP contribution in [0.5, 0.6) is 0 Å². The first kappa shape index (κ1) is 27.6. The van der Waals surface area contributed by atoms with Crippen LogP contribution in [0.3, 0.4) is 0 Å². The molecule has 8 rings (SSSR count). The Hall–Kier alpha value is -2.51. The predicted octanol–water partition coefficient (Wildman–Crippen LogP) is 10.4. The van der Waals surface area contributed by atoms with Gasteiger partial charge in [0, 0.05) is 25.8 Å². The van der Waals surface area contributed by atoms with Crippen LogP contribution in [-0.2, 0) is 56.9 Å². The molecule has 0 atom stereocenters. The van der Waals surface area contributed by atoms with E-state index in [-0.39, 0.29) is 31.3 Å². The molecule has 1 heteroatoms. The van der Waals surface area contributed by atoms with Gasteiger partial charge < -0.3 is 6.92 Å². The Bertz CT molecular complexity index is 1790. The van der Waals surface area contributed by atoms with E-state index in [2.05, 4.69) is 109 Å². The number of aryl methyl sites for hydroxylation is 6. The second-order valence-electron chi connectivity index (χ2n) is 13.1. The Morgan fingerprint density at radius 3 is 1.40 bits per heavy atom. The van der Waals surface area contributed by atoms with Crippen molar-refractivity contribution >= 4 is 43.1 Å². The molecule has 0 amide bonds. The van der Waals surface area contributed by atoms with E-state index in [0.717, 1.165) is 0 Å². The third-order valence-electron chi connectivity index (χ3n) is 9.37. The van der Waals surface area contributed by atoms with Gasteiger partial charge in [0.25, 0.3) is 0 Å². The Morgan fingerprint density at radius 1 is 0.625 bits per heavy atom. The Morgan fingerprint density at radius 2 is 1.00 bits per heavy atom. The topological polar surface area (TPSA) is 0 Å². The molecule has 6 aromatic carbocycles. The summed E-state index contributed by atoms with van der Waals surface area (Å²) >= 11 is 0. The summed E-state index contributed by atoms with van der Waals surface area (Å²) in [5.41, 5.74) is 12.0. The molecule has 0 heterocycles. The van der Waals surface area contributed by atoms with Gasteiger partial charge in [0.15, 0.2) is 0 Å². The van der Waals surface area contributed by atoms with E-state index < -0.39 is 0 Å². The van der Waals surface area contributed by atoms with Gasteiger partial charge in [-0.1, -0.05) is 105 Å². The summed E-state index contributed by atoms with van der Waals surface area (Å²) in [5.74, 6) is 0.583. The molecule has 0 fully saturated rings. The normalized spacial score (nSPS) is 14.0.